The maximum atomic E-state index is 13.8. The van der Waals surface area contributed by atoms with Crippen molar-refractivity contribution >= 4 is 11.8 Å². The summed E-state index contributed by atoms with van der Waals surface area (Å²) in [7, 11) is 0. The van der Waals surface area contributed by atoms with Gasteiger partial charge in [0.2, 0.25) is 0 Å². The minimum atomic E-state index is -0.544. The number of ether oxygens (including phenoxy) is 1. The van der Waals surface area contributed by atoms with E-state index in [4.69, 9.17) is 4.74 Å². The predicted molar refractivity (Wildman–Crippen MR) is 84.6 cm³/mol. The Labute approximate surface area is 130 Å². The molecule has 2 rings (SSSR count). The first-order chi connectivity index (χ1) is 10.3. The summed E-state index contributed by atoms with van der Waals surface area (Å²) in [6.07, 6.45) is -0.500. The van der Waals surface area contributed by atoms with Crippen LogP contribution >= 0.6 is 0 Å². The standard InChI is InChI=1S/C16H24FN3O2/c1-16(2,3)22-15(21)19-11-12-8-13(17)10-14(9-12)20-6-4-18-5-7-20/h8-10,18H,4-7,11H2,1-3H3,(H,19,21). The third kappa shape index (κ3) is 5.18. The van der Waals surface area contributed by atoms with E-state index in [1.165, 1.54) is 12.1 Å². The van der Waals surface area contributed by atoms with Crippen molar-refractivity contribution in [1.82, 2.24) is 10.6 Å². The first kappa shape index (κ1) is 16.5. The fourth-order valence-electron chi connectivity index (χ4n) is 2.33. The van der Waals surface area contributed by atoms with E-state index in [1.807, 2.05) is 6.07 Å². The van der Waals surface area contributed by atoms with Crippen LogP contribution in [0.5, 0.6) is 0 Å². The Morgan fingerprint density at radius 2 is 2.00 bits per heavy atom. The first-order valence-corrected chi connectivity index (χ1v) is 7.55. The van der Waals surface area contributed by atoms with Gasteiger partial charge in [-0.2, -0.15) is 0 Å². The Morgan fingerprint density at radius 3 is 2.64 bits per heavy atom. The lowest BCUT2D eigenvalue weighted by molar-refractivity contribution is 0.0523. The van der Waals surface area contributed by atoms with Crippen molar-refractivity contribution in [3.05, 3.63) is 29.6 Å². The molecule has 6 heteroatoms. The number of nitrogens with one attached hydrogen (secondary N) is 2. The van der Waals surface area contributed by atoms with Gasteiger partial charge in [0, 0.05) is 38.4 Å². The number of benzene rings is 1. The molecule has 0 spiro atoms. The van der Waals surface area contributed by atoms with Crippen molar-refractivity contribution in [2.75, 3.05) is 31.1 Å². The molecule has 1 saturated heterocycles. The third-order valence-corrected chi connectivity index (χ3v) is 3.26. The van der Waals surface area contributed by atoms with Gasteiger partial charge in [0.1, 0.15) is 11.4 Å². The van der Waals surface area contributed by atoms with E-state index in [9.17, 15) is 9.18 Å². The van der Waals surface area contributed by atoms with Crippen molar-refractivity contribution in [2.45, 2.75) is 32.9 Å². The van der Waals surface area contributed by atoms with Crippen molar-refractivity contribution < 1.29 is 13.9 Å². The van der Waals surface area contributed by atoms with Gasteiger partial charge >= 0.3 is 6.09 Å². The highest BCUT2D eigenvalue weighted by Gasteiger charge is 2.16. The number of hydrogen-bond donors (Lipinski definition) is 2. The highest BCUT2D eigenvalue weighted by Crippen LogP contribution is 2.19. The van der Waals surface area contributed by atoms with Crippen molar-refractivity contribution in [2.24, 2.45) is 0 Å². The predicted octanol–water partition coefficient (Wildman–Crippen LogP) is 2.26. The number of carbonyl (C=O) groups is 1. The molecule has 0 aromatic heterocycles. The van der Waals surface area contributed by atoms with Gasteiger partial charge in [0.15, 0.2) is 0 Å². The van der Waals surface area contributed by atoms with Gasteiger partial charge in [0.25, 0.3) is 0 Å². The van der Waals surface area contributed by atoms with Crippen LogP contribution in [0.25, 0.3) is 0 Å². The van der Waals surface area contributed by atoms with Crippen molar-refractivity contribution in [3.8, 4) is 0 Å². The zero-order chi connectivity index (χ0) is 16.2. The molecule has 122 valence electrons. The summed E-state index contributed by atoms with van der Waals surface area (Å²) in [6, 6.07) is 4.87. The number of rotatable bonds is 3. The maximum Gasteiger partial charge on any atom is 0.407 e. The SMILES string of the molecule is CC(C)(C)OC(=O)NCc1cc(F)cc(N2CCNCC2)c1. The lowest BCUT2D eigenvalue weighted by Gasteiger charge is -2.29. The van der Waals surface area contributed by atoms with Gasteiger partial charge in [-0.3, -0.25) is 0 Å². The minimum Gasteiger partial charge on any atom is -0.444 e. The molecule has 0 unspecified atom stereocenters. The molecule has 1 heterocycles. The van der Waals surface area contributed by atoms with Crippen LogP contribution in [-0.2, 0) is 11.3 Å². The summed E-state index contributed by atoms with van der Waals surface area (Å²) in [4.78, 5) is 13.8. The molecule has 1 amide bonds. The Kier molecular flexibility index (Phi) is 5.24. The van der Waals surface area contributed by atoms with E-state index in [0.29, 0.717) is 0 Å². The normalized spacial score (nSPS) is 15.5. The molecule has 0 bridgehead atoms. The summed E-state index contributed by atoms with van der Waals surface area (Å²) >= 11 is 0. The molecule has 1 fully saturated rings. The molecule has 22 heavy (non-hydrogen) atoms. The summed E-state index contributed by atoms with van der Waals surface area (Å²) in [5.74, 6) is -0.294. The lowest BCUT2D eigenvalue weighted by Crippen LogP contribution is -2.43. The van der Waals surface area contributed by atoms with Crippen LogP contribution < -0.4 is 15.5 Å². The zero-order valence-corrected chi connectivity index (χ0v) is 13.4. The lowest BCUT2D eigenvalue weighted by atomic mass is 10.1. The summed E-state index contributed by atoms with van der Waals surface area (Å²) < 4.78 is 19.0. The largest absolute Gasteiger partial charge is 0.444 e. The van der Waals surface area contributed by atoms with E-state index in [-0.39, 0.29) is 12.4 Å². The summed E-state index contributed by atoms with van der Waals surface area (Å²) in [5, 5.41) is 5.92. The molecular weight excluding hydrogens is 285 g/mol. The first-order valence-electron chi connectivity index (χ1n) is 7.55. The number of alkyl carbamates (subject to hydrolysis) is 1. The molecule has 0 saturated carbocycles. The maximum absolute atomic E-state index is 13.8. The van der Waals surface area contributed by atoms with E-state index in [1.54, 1.807) is 20.8 Å². The molecule has 0 aliphatic carbocycles. The average molecular weight is 309 g/mol. The third-order valence-electron chi connectivity index (χ3n) is 3.26. The Bertz CT molecular complexity index is 523. The zero-order valence-electron chi connectivity index (χ0n) is 13.4. The van der Waals surface area contributed by atoms with Gasteiger partial charge in [-0.25, -0.2) is 9.18 Å². The van der Waals surface area contributed by atoms with E-state index in [0.717, 1.165) is 37.4 Å². The highest BCUT2D eigenvalue weighted by molar-refractivity contribution is 5.67. The van der Waals surface area contributed by atoms with Crippen LogP contribution in [0.4, 0.5) is 14.9 Å². The Morgan fingerprint density at radius 1 is 1.32 bits per heavy atom. The smallest absolute Gasteiger partial charge is 0.407 e. The molecule has 2 N–H and O–H groups in total. The van der Waals surface area contributed by atoms with Crippen LogP contribution in [-0.4, -0.2) is 37.9 Å². The molecule has 1 aliphatic rings. The second kappa shape index (κ2) is 6.96. The Balaban J connectivity index is 1.99. The molecule has 0 radical (unpaired) electrons. The number of piperazine rings is 1. The minimum absolute atomic E-state index is 0.242. The van der Waals surface area contributed by atoms with Gasteiger partial charge in [-0.15, -0.1) is 0 Å². The molecule has 1 aliphatic heterocycles. The molecule has 0 atom stereocenters. The Hall–Kier alpha value is -1.82. The van der Waals surface area contributed by atoms with Crippen LogP contribution in [0, 0.1) is 5.82 Å². The van der Waals surface area contributed by atoms with Crippen LogP contribution in [0.15, 0.2) is 18.2 Å². The van der Waals surface area contributed by atoms with Crippen molar-refractivity contribution in [3.63, 3.8) is 0 Å². The number of nitrogens with zero attached hydrogens (tertiary/aromatic N) is 1. The highest BCUT2D eigenvalue weighted by atomic mass is 19.1. The molecule has 5 nitrogen and oxygen atoms in total. The van der Waals surface area contributed by atoms with E-state index < -0.39 is 11.7 Å². The van der Waals surface area contributed by atoms with Gasteiger partial charge in [-0.05, 0) is 44.5 Å². The van der Waals surface area contributed by atoms with Crippen LogP contribution in [0.2, 0.25) is 0 Å². The van der Waals surface area contributed by atoms with Crippen molar-refractivity contribution in [1.29, 1.82) is 0 Å². The monoisotopic (exact) mass is 309 g/mol. The fraction of sp³-hybridized carbons (Fsp3) is 0.562. The van der Waals surface area contributed by atoms with Gasteiger partial charge in [-0.1, -0.05) is 0 Å². The second-order valence-corrected chi connectivity index (χ2v) is 6.41. The second-order valence-electron chi connectivity index (χ2n) is 6.41. The van der Waals surface area contributed by atoms with E-state index >= 15 is 0 Å². The number of amides is 1. The summed E-state index contributed by atoms with van der Waals surface area (Å²) in [5.41, 5.74) is 1.03. The number of carbonyl (C=O) groups excluding carboxylic acids is 1. The van der Waals surface area contributed by atoms with Gasteiger partial charge in [0.05, 0.1) is 0 Å². The topological polar surface area (TPSA) is 53.6 Å². The van der Waals surface area contributed by atoms with E-state index in [2.05, 4.69) is 15.5 Å². The molecular formula is C16H24FN3O2. The quantitative estimate of drug-likeness (QED) is 0.899. The van der Waals surface area contributed by atoms with Gasteiger partial charge < -0.3 is 20.3 Å². The average Bonchev–Trinajstić information content (AvgIpc) is 2.44. The molecule has 1 aromatic rings. The molecule has 1 aromatic carbocycles. The van der Waals surface area contributed by atoms with Crippen LogP contribution in [0.3, 0.4) is 0 Å². The number of halogens is 1. The number of hydrogen-bond acceptors (Lipinski definition) is 4. The number of anilines is 1. The fourth-order valence-corrected chi connectivity index (χ4v) is 2.33. The summed E-state index contributed by atoms with van der Waals surface area (Å²) in [6.45, 7) is 9.13. The van der Waals surface area contributed by atoms with Crippen LogP contribution in [0.1, 0.15) is 26.3 Å².